The minimum Gasteiger partial charge on any atom is -0.490 e. The van der Waals surface area contributed by atoms with Crippen molar-refractivity contribution in [3.05, 3.63) is 59.4 Å². The molecule has 9 N–H and O–H groups in total. The molecule has 2 aromatic carbocycles. The summed E-state index contributed by atoms with van der Waals surface area (Å²) in [5.74, 6) is -2.66. The minimum atomic E-state index is -1.49. The van der Waals surface area contributed by atoms with Crippen LogP contribution in [-0.4, -0.2) is 72.6 Å². The normalized spacial score (nSPS) is 13.2. The van der Waals surface area contributed by atoms with E-state index in [2.05, 4.69) is 10.6 Å². The highest BCUT2D eigenvalue weighted by molar-refractivity contribution is 5.99. The molecule has 0 spiro atoms. The van der Waals surface area contributed by atoms with Crippen molar-refractivity contribution in [3.63, 3.8) is 0 Å². The first-order valence-electron chi connectivity index (χ1n) is 12.8. The summed E-state index contributed by atoms with van der Waals surface area (Å²) in [6.45, 7) is 4.95. The molecular formula is C27H39FN6O5. The molecular weight excluding hydrogens is 507 g/mol. The quantitative estimate of drug-likeness (QED) is 0.187. The number of nitrogens with one attached hydrogen (secondary N) is 2. The van der Waals surface area contributed by atoms with Gasteiger partial charge in [-0.2, -0.15) is 0 Å². The third-order valence-electron chi connectivity index (χ3n) is 5.86. The van der Waals surface area contributed by atoms with Crippen molar-refractivity contribution in [2.45, 2.75) is 44.9 Å². The second kappa shape index (κ2) is 15.7. The van der Waals surface area contributed by atoms with Gasteiger partial charge >= 0.3 is 0 Å². The molecule has 0 saturated heterocycles. The van der Waals surface area contributed by atoms with Crippen molar-refractivity contribution in [3.8, 4) is 5.75 Å². The van der Waals surface area contributed by atoms with Gasteiger partial charge < -0.3 is 42.6 Å². The zero-order valence-corrected chi connectivity index (χ0v) is 22.4. The van der Waals surface area contributed by atoms with Crippen LogP contribution in [0, 0.1) is 12.7 Å². The Labute approximate surface area is 227 Å². The summed E-state index contributed by atoms with van der Waals surface area (Å²) in [4.78, 5) is 40.3. The Morgan fingerprint density at radius 2 is 1.69 bits per heavy atom. The average molecular weight is 547 g/mol. The molecule has 0 saturated carbocycles. The number of ether oxygens (including phenoxy) is 1. The molecule has 3 atom stereocenters. The number of halogens is 1. The van der Waals surface area contributed by atoms with Crippen molar-refractivity contribution in [2.75, 3.05) is 38.1 Å². The number of benzene rings is 2. The lowest BCUT2D eigenvalue weighted by Crippen LogP contribution is -2.53. The van der Waals surface area contributed by atoms with Gasteiger partial charge in [0, 0.05) is 37.9 Å². The van der Waals surface area contributed by atoms with E-state index in [1.165, 1.54) is 17.0 Å². The molecule has 0 aliphatic rings. The van der Waals surface area contributed by atoms with Crippen LogP contribution in [0.4, 0.5) is 10.1 Å². The number of nitrogens with two attached hydrogens (primary N) is 3. The first-order chi connectivity index (χ1) is 18.6. The molecule has 0 radical (unpaired) electrons. The maximum absolute atomic E-state index is 14.1. The van der Waals surface area contributed by atoms with Crippen LogP contribution in [0.5, 0.6) is 5.75 Å². The molecule has 0 bridgehead atoms. The van der Waals surface area contributed by atoms with E-state index in [-0.39, 0.29) is 50.6 Å². The summed E-state index contributed by atoms with van der Waals surface area (Å²) in [5, 5.41) is 16.1. The van der Waals surface area contributed by atoms with Gasteiger partial charge in [-0.1, -0.05) is 36.8 Å². The molecule has 11 nitrogen and oxygen atoms in total. The topological polar surface area (TPSA) is 186 Å². The first kappa shape index (κ1) is 31.6. The van der Waals surface area contributed by atoms with E-state index in [0.29, 0.717) is 12.0 Å². The number of nitrogens with zero attached hydrogens (tertiary/aromatic N) is 1. The van der Waals surface area contributed by atoms with E-state index in [1.807, 2.05) is 13.8 Å². The smallest absolute Gasteiger partial charge is 0.250 e. The highest BCUT2D eigenvalue weighted by Crippen LogP contribution is 2.24. The maximum atomic E-state index is 14.1. The second-order valence-corrected chi connectivity index (χ2v) is 9.09. The number of carbonyl (C=O) groups excluding carboxylic acids is 3. The summed E-state index contributed by atoms with van der Waals surface area (Å²) in [5.41, 5.74) is 18.6. The van der Waals surface area contributed by atoms with Gasteiger partial charge in [0.05, 0.1) is 19.1 Å². The zero-order chi connectivity index (χ0) is 28.9. The van der Waals surface area contributed by atoms with E-state index >= 15 is 0 Å². The predicted octanol–water partition coefficient (Wildman–Crippen LogP) is 0.543. The number of hydrogen-bond donors (Lipinski definition) is 6. The third-order valence-corrected chi connectivity index (χ3v) is 5.86. The molecule has 0 heterocycles. The average Bonchev–Trinajstić information content (AvgIpc) is 2.91. The maximum Gasteiger partial charge on any atom is 0.250 e. The van der Waals surface area contributed by atoms with E-state index in [0.717, 1.165) is 11.6 Å². The lowest BCUT2D eigenvalue weighted by molar-refractivity contribution is -0.135. The van der Waals surface area contributed by atoms with Gasteiger partial charge in [-0.25, -0.2) is 4.39 Å². The second-order valence-electron chi connectivity index (χ2n) is 9.09. The SMILES string of the molecule is CCCOc1cc(NC(=O)[C@@H](NC(=O)[C@@H](N)CC(=O)N(CCN)CCN)[C@H](O)c2ccc(C)cc2)ccc1F. The van der Waals surface area contributed by atoms with Crippen LogP contribution >= 0.6 is 0 Å². The van der Waals surface area contributed by atoms with Crippen molar-refractivity contribution < 1.29 is 28.6 Å². The fourth-order valence-electron chi connectivity index (χ4n) is 3.71. The molecule has 214 valence electrons. The molecule has 0 fully saturated rings. The number of amides is 3. The number of aliphatic hydroxyl groups excluding tert-OH is 1. The van der Waals surface area contributed by atoms with Crippen molar-refractivity contribution >= 4 is 23.4 Å². The van der Waals surface area contributed by atoms with Gasteiger partial charge in [-0.05, 0) is 31.0 Å². The zero-order valence-electron chi connectivity index (χ0n) is 22.4. The number of carbonyl (C=O) groups is 3. The van der Waals surface area contributed by atoms with Crippen LogP contribution < -0.4 is 32.6 Å². The van der Waals surface area contributed by atoms with Crippen LogP contribution in [0.25, 0.3) is 0 Å². The molecule has 39 heavy (non-hydrogen) atoms. The van der Waals surface area contributed by atoms with Gasteiger partial charge in [-0.15, -0.1) is 0 Å². The van der Waals surface area contributed by atoms with Crippen molar-refractivity contribution in [1.82, 2.24) is 10.2 Å². The van der Waals surface area contributed by atoms with Crippen molar-refractivity contribution in [2.24, 2.45) is 17.2 Å². The van der Waals surface area contributed by atoms with Crippen LogP contribution in [0.1, 0.15) is 37.0 Å². The number of hydrogen-bond acceptors (Lipinski definition) is 8. The van der Waals surface area contributed by atoms with Crippen molar-refractivity contribution in [1.29, 1.82) is 0 Å². The largest absolute Gasteiger partial charge is 0.490 e. The number of rotatable bonds is 15. The molecule has 0 aromatic heterocycles. The molecule has 0 aliphatic carbocycles. The summed E-state index contributed by atoms with van der Waals surface area (Å²) < 4.78 is 19.5. The Kier molecular flexibility index (Phi) is 12.8. The van der Waals surface area contributed by atoms with E-state index < -0.39 is 41.7 Å². The number of anilines is 1. The van der Waals surface area contributed by atoms with Gasteiger partial charge in [0.1, 0.15) is 12.1 Å². The fraction of sp³-hybridized carbons (Fsp3) is 0.444. The lowest BCUT2D eigenvalue weighted by Gasteiger charge is -2.26. The van der Waals surface area contributed by atoms with Gasteiger partial charge in [0.15, 0.2) is 11.6 Å². The Bertz CT molecular complexity index is 1090. The van der Waals surface area contributed by atoms with E-state index in [1.54, 1.807) is 24.3 Å². The highest BCUT2D eigenvalue weighted by atomic mass is 19.1. The molecule has 3 amide bonds. The Hall–Kier alpha value is -3.58. The molecule has 0 aliphatic heterocycles. The third kappa shape index (κ3) is 9.59. The van der Waals surface area contributed by atoms with Crippen LogP contribution in [0.2, 0.25) is 0 Å². The van der Waals surface area contributed by atoms with Crippen LogP contribution in [0.3, 0.4) is 0 Å². The first-order valence-corrected chi connectivity index (χ1v) is 12.8. The fourth-order valence-corrected chi connectivity index (χ4v) is 3.71. The summed E-state index contributed by atoms with van der Waals surface area (Å²) in [7, 11) is 0. The number of aryl methyl sites for hydroxylation is 1. The standard InChI is InChI=1S/C27H39FN6O5/c1-3-14-39-22-15-19(8-9-20(22)28)32-27(38)24(25(36)18-6-4-17(2)5-7-18)33-26(37)21(31)16-23(35)34(12-10-29)13-11-30/h4-9,15,21,24-25,36H,3,10-14,16,29-31H2,1-2H3,(H,32,38)(H,33,37)/t21-,24-,25+/m0/s1. The predicted molar refractivity (Wildman–Crippen MR) is 146 cm³/mol. The number of aliphatic hydroxyl groups is 1. The van der Waals surface area contributed by atoms with E-state index in [9.17, 15) is 23.9 Å². The molecule has 12 heteroatoms. The highest BCUT2D eigenvalue weighted by Gasteiger charge is 2.32. The summed E-state index contributed by atoms with van der Waals surface area (Å²) in [6.07, 6.45) is -1.15. The van der Waals surface area contributed by atoms with E-state index in [4.69, 9.17) is 21.9 Å². The molecule has 2 rings (SSSR count). The molecule has 0 unspecified atom stereocenters. The van der Waals surface area contributed by atoms with Gasteiger partial charge in [-0.3, -0.25) is 14.4 Å². The Morgan fingerprint density at radius 3 is 2.28 bits per heavy atom. The minimum absolute atomic E-state index is 0.0469. The summed E-state index contributed by atoms with van der Waals surface area (Å²) in [6, 6.07) is 7.74. The monoisotopic (exact) mass is 546 g/mol. The lowest BCUT2D eigenvalue weighted by atomic mass is 9.99. The van der Waals surface area contributed by atoms with Crippen LogP contribution in [0.15, 0.2) is 42.5 Å². The molecule has 2 aromatic rings. The van der Waals surface area contributed by atoms with Crippen LogP contribution in [-0.2, 0) is 14.4 Å². The van der Waals surface area contributed by atoms with Gasteiger partial charge in [0.25, 0.3) is 0 Å². The Morgan fingerprint density at radius 1 is 1.05 bits per heavy atom. The summed E-state index contributed by atoms with van der Waals surface area (Å²) >= 11 is 0. The Balaban J connectivity index is 2.25. The van der Waals surface area contributed by atoms with Gasteiger partial charge in [0.2, 0.25) is 17.7 Å².